The number of anilines is 2. The van der Waals surface area contributed by atoms with Gasteiger partial charge in [-0.3, -0.25) is 15.2 Å². The van der Waals surface area contributed by atoms with Crippen molar-refractivity contribution in [3.8, 4) is 0 Å². The highest BCUT2D eigenvalue weighted by Crippen LogP contribution is 2.30. The van der Waals surface area contributed by atoms with Crippen LogP contribution in [-0.4, -0.2) is 30.5 Å². The fraction of sp³-hybridized carbons (Fsp3) is 0.429. The van der Waals surface area contributed by atoms with E-state index in [1.807, 2.05) is 48.0 Å². The number of nitrogens with zero attached hydrogens (tertiary/aromatic N) is 3. The molecule has 1 saturated heterocycles. The molecule has 8 heteroatoms. The van der Waals surface area contributed by atoms with E-state index < -0.39 is 11.7 Å². The highest BCUT2D eigenvalue weighted by Gasteiger charge is 2.31. The van der Waals surface area contributed by atoms with Gasteiger partial charge in [0, 0.05) is 31.7 Å². The number of aromatic nitrogens is 1. The number of rotatable bonds is 5. The Labute approximate surface area is 168 Å². The largest absolute Gasteiger partial charge is 0.417 e. The van der Waals surface area contributed by atoms with Crippen molar-refractivity contribution in [1.82, 2.24) is 10.4 Å². The van der Waals surface area contributed by atoms with Gasteiger partial charge < -0.3 is 4.90 Å². The first-order valence-electron chi connectivity index (χ1n) is 9.71. The lowest BCUT2D eigenvalue weighted by Gasteiger charge is -2.33. The van der Waals surface area contributed by atoms with Gasteiger partial charge in [0.05, 0.1) is 11.3 Å². The van der Waals surface area contributed by atoms with Crippen molar-refractivity contribution in [3.05, 3.63) is 53.7 Å². The minimum atomic E-state index is -4.39. The Morgan fingerprint density at radius 3 is 2.34 bits per heavy atom. The van der Waals surface area contributed by atoms with Gasteiger partial charge in [0.15, 0.2) is 0 Å². The molecule has 0 saturated carbocycles. The predicted molar refractivity (Wildman–Crippen MR) is 107 cm³/mol. The van der Waals surface area contributed by atoms with Crippen molar-refractivity contribution >= 4 is 17.4 Å². The molecule has 0 spiro atoms. The SMILES string of the molecule is CCN(NC(=O)C1CCN(c2ccc(C(F)(F)F)cn2)CC1)c1ccc(C)cc1. The van der Waals surface area contributed by atoms with Crippen molar-refractivity contribution in [2.75, 3.05) is 29.5 Å². The van der Waals surface area contributed by atoms with Gasteiger partial charge in [0.25, 0.3) is 0 Å². The van der Waals surface area contributed by atoms with Crippen molar-refractivity contribution in [1.29, 1.82) is 0 Å². The molecule has 0 aliphatic carbocycles. The molecule has 156 valence electrons. The summed E-state index contributed by atoms with van der Waals surface area (Å²) in [5.41, 5.74) is 4.31. The quantitative estimate of drug-likeness (QED) is 0.757. The highest BCUT2D eigenvalue weighted by atomic mass is 19.4. The van der Waals surface area contributed by atoms with E-state index in [9.17, 15) is 18.0 Å². The minimum Gasteiger partial charge on any atom is -0.357 e. The second-order valence-electron chi connectivity index (χ2n) is 7.22. The minimum absolute atomic E-state index is 0.0348. The zero-order chi connectivity index (χ0) is 21.0. The fourth-order valence-corrected chi connectivity index (χ4v) is 3.39. The van der Waals surface area contributed by atoms with Gasteiger partial charge in [0.2, 0.25) is 5.91 Å². The van der Waals surface area contributed by atoms with Gasteiger partial charge in [0.1, 0.15) is 5.82 Å². The van der Waals surface area contributed by atoms with Crippen molar-refractivity contribution < 1.29 is 18.0 Å². The fourth-order valence-electron chi connectivity index (χ4n) is 3.39. The van der Waals surface area contributed by atoms with E-state index in [2.05, 4.69) is 10.4 Å². The van der Waals surface area contributed by atoms with Crippen LogP contribution in [0.4, 0.5) is 24.7 Å². The molecule has 2 heterocycles. The zero-order valence-electron chi connectivity index (χ0n) is 16.5. The van der Waals surface area contributed by atoms with E-state index >= 15 is 0 Å². The van der Waals surface area contributed by atoms with Gasteiger partial charge in [-0.2, -0.15) is 13.2 Å². The normalized spacial score (nSPS) is 15.3. The third-order valence-electron chi connectivity index (χ3n) is 5.17. The molecule has 0 unspecified atom stereocenters. The first-order chi connectivity index (χ1) is 13.8. The van der Waals surface area contributed by atoms with Crippen molar-refractivity contribution in [2.45, 2.75) is 32.9 Å². The zero-order valence-corrected chi connectivity index (χ0v) is 16.5. The Bertz CT molecular complexity index is 813. The Balaban J connectivity index is 1.55. The van der Waals surface area contributed by atoms with Gasteiger partial charge in [-0.25, -0.2) is 4.98 Å². The molecule has 3 rings (SSSR count). The van der Waals surface area contributed by atoms with E-state index in [4.69, 9.17) is 0 Å². The van der Waals surface area contributed by atoms with Crippen LogP contribution >= 0.6 is 0 Å². The Morgan fingerprint density at radius 1 is 1.17 bits per heavy atom. The first-order valence-corrected chi connectivity index (χ1v) is 9.71. The van der Waals surface area contributed by atoms with Gasteiger partial charge >= 0.3 is 6.18 Å². The molecule has 29 heavy (non-hydrogen) atoms. The molecule has 0 bridgehead atoms. The molecule has 1 aliphatic heterocycles. The van der Waals surface area contributed by atoms with Gasteiger partial charge in [-0.05, 0) is 51.0 Å². The monoisotopic (exact) mass is 406 g/mol. The molecule has 1 aromatic heterocycles. The molecule has 0 radical (unpaired) electrons. The summed E-state index contributed by atoms with van der Waals surface area (Å²) in [6.45, 7) is 5.78. The number of aryl methyl sites for hydroxylation is 1. The first kappa shape index (κ1) is 21.0. The number of benzene rings is 1. The summed E-state index contributed by atoms with van der Waals surface area (Å²) in [6.07, 6.45) is -2.28. The molecule has 1 aliphatic rings. The topological polar surface area (TPSA) is 48.5 Å². The van der Waals surface area contributed by atoms with Crippen LogP contribution in [0.5, 0.6) is 0 Å². The number of hydrogen-bond donors (Lipinski definition) is 1. The number of hydrogen-bond acceptors (Lipinski definition) is 4. The third kappa shape index (κ3) is 5.19. The molecule has 1 aromatic carbocycles. The summed E-state index contributed by atoms with van der Waals surface area (Å²) in [6, 6.07) is 10.4. The summed E-state index contributed by atoms with van der Waals surface area (Å²) < 4.78 is 38.0. The molecule has 1 amide bonds. The number of hydrazine groups is 1. The Hall–Kier alpha value is -2.77. The molecule has 0 atom stereocenters. The number of carbonyl (C=O) groups excluding carboxylic acids is 1. The number of pyridine rings is 1. The number of carbonyl (C=O) groups is 1. The van der Waals surface area contributed by atoms with Crippen LogP contribution in [0.25, 0.3) is 0 Å². The third-order valence-corrected chi connectivity index (χ3v) is 5.17. The van der Waals surface area contributed by atoms with E-state index in [-0.39, 0.29) is 11.8 Å². The number of piperidine rings is 1. The lowest BCUT2D eigenvalue weighted by atomic mass is 9.96. The predicted octanol–water partition coefficient (Wildman–Crippen LogP) is 4.18. The van der Waals surface area contributed by atoms with Crippen molar-refractivity contribution in [2.24, 2.45) is 5.92 Å². The molecule has 2 aromatic rings. The molecule has 1 N–H and O–H groups in total. The number of alkyl halides is 3. The Morgan fingerprint density at radius 2 is 1.83 bits per heavy atom. The van der Waals surface area contributed by atoms with E-state index in [0.29, 0.717) is 38.3 Å². The summed E-state index contributed by atoms with van der Waals surface area (Å²) in [5.74, 6) is 0.333. The van der Waals surface area contributed by atoms with Crippen LogP contribution < -0.4 is 15.3 Å². The second kappa shape index (κ2) is 8.71. The lowest BCUT2D eigenvalue weighted by molar-refractivity contribution is -0.137. The van der Waals surface area contributed by atoms with Gasteiger partial charge in [-0.1, -0.05) is 17.7 Å². The summed E-state index contributed by atoms with van der Waals surface area (Å²) in [7, 11) is 0. The number of halogens is 3. The molecular formula is C21H25F3N4O. The van der Waals surface area contributed by atoms with Crippen LogP contribution in [0, 0.1) is 12.8 Å². The molecule has 1 fully saturated rings. The summed E-state index contributed by atoms with van der Waals surface area (Å²) >= 11 is 0. The van der Waals surface area contributed by atoms with Crippen LogP contribution in [0.3, 0.4) is 0 Å². The van der Waals surface area contributed by atoms with Crippen molar-refractivity contribution in [3.63, 3.8) is 0 Å². The second-order valence-corrected chi connectivity index (χ2v) is 7.22. The summed E-state index contributed by atoms with van der Waals surface area (Å²) in [5, 5.41) is 1.82. The maximum absolute atomic E-state index is 12.7. The summed E-state index contributed by atoms with van der Waals surface area (Å²) in [4.78, 5) is 18.6. The highest BCUT2D eigenvalue weighted by molar-refractivity contribution is 5.80. The standard InChI is InChI=1S/C21H25F3N4O/c1-3-28(18-7-4-15(2)5-8-18)26-20(29)16-10-12-27(13-11-16)19-9-6-17(14-25-19)21(22,23)24/h4-9,14,16H,3,10-13H2,1-2H3,(H,26,29). The average molecular weight is 406 g/mol. The van der Waals surface area contributed by atoms with Crippen LogP contribution in [-0.2, 0) is 11.0 Å². The maximum Gasteiger partial charge on any atom is 0.417 e. The molecule has 5 nitrogen and oxygen atoms in total. The van der Waals surface area contributed by atoms with Crippen LogP contribution in [0.15, 0.2) is 42.6 Å². The van der Waals surface area contributed by atoms with E-state index in [1.165, 1.54) is 6.07 Å². The maximum atomic E-state index is 12.7. The van der Waals surface area contributed by atoms with E-state index in [1.54, 1.807) is 0 Å². The number of amides is 1. The van der Waals surface area contributed by atoms with E-state index in [0.717, 1.165) is 23.5 Å². The number of nitrogens with one attached hydrogen (secondary N) is 1. The smallest absolute Gasteiger partial charge is 0.357 e. The average Bonchev–Trinajstić information content (AvgIpc) is 2.72. The lowest BCUT2D eigenvalue weighted by Crippen LogP contribution is -2.48. The van der Waals surface area contributed by atoms with Gasteiger partial charge in [-0.15, -0.1) is 0 Å². The Kier molecular flexibility index (Phi) is 6.30. The van der Waals surface area contributed by atoms with Crippen LogP contribution in [0.1, 0.15) is 30.9 Å². The molecular weight excluding hydrogens is 381 g/mol. The van der Waals surface area contributed by atoms with Crippen LogP contribution in [0.2, 0.25) is 0 Å².